The van der Waals surface area contributed by atoms with Crippen molar-refractivity contribution in [3.8, 4) is 11.4 Å². The number of nitrogens with two attached hydrogens (primary N) is 1. The molecule has 1 aromatic carbocycles. The highest BCUT2D eigenvalue weighted by atomic mass is 16.5. The standard InChI is InChI=1S/C19H20N6O/c1-11-3-2-4-12-9-14(23-16(11)12)17-15-18(20)21-10-22-19(15)25(24-17)13-5-7-26-8-6-13/h2-4,9-10,13,23H,5-8H2,1H3,(H2,20,21,22). The van der Waals surface area contributed by atoms with Crippen LogP contribution in [0.4, 0.5) is 5.82 Å². The molecule has 4 aromatic rings. The highest BCUT2D eigenvalue weighted by Crippen LogP contribution is 2.35. The monoisotopic (exact) mass is 348 g/mol. The third-order valence-electron chi connectivity index (χ3n) is 5.17. The number of fused-ring (bicyclic) bond motifs is 2. The van der Waals surface area contributed by atoms with E-state index >= 15 is 0 Å². The Labute approximate surface area is 150 Å². The van der Waals surface area contributed by atoms with Gasteiger partial charge in [-0.1, -0.05) is 18.2 Å². The maximum Gasteiger partial charge on any atom is 0.164 e. The van der Waals surface area contributed by atoms with Crippen molar-refractivity contribution in [3.05, 3.63) is 36.2 Å². The number of ether oxygens (including phenoxy) is 1. The smallest absolute Gasteiger partial charge is 0.164 e. The molecular weight excluding hydrogens is 328 g/mol. The zero-order valence-corrected chi connectivity index (χ0v) is 14.6. The number of aromatic amines is 1. The number of nitrogen functional groups attached to an aromatic ring is 1. The summed E-state index contributed by atoms with van der Waals surface area (Å²) in [7, 11) is 0. The van der Waals surface area contributed by atoms with Crippen LogP contribution in [0.2, 0.25) is 0 Å². The summed E-state index contributed by atoms with van der Waals surface area (Å²) in [6.45, 7) is 3.58. The molecule has 0 bridgehead atoms. The lowest BCUT2D eigenvalue weighted by Gasteiger charge is -2.22. The molecule has 26 heavy (non-hydrogen) atoms. The summed E-state index contributed by atoms with van der Waals surface area (Å²) in [5.74, 6) is 0.457. The first-order valence-electron chi connectivity index (χ1n) is 8.87. The van der Waals surface area contributed by atoms with Gasteiger partial charge in [-0.25, -0.2) is 14.6 Å². The molecule has 0 atom stereocenters. The summed E-state index contributed by atoms with van der Waals surface area (Å²) in [6, 6.07) is 8.63. The fourth-order valence-electron chi connectivity index (χ4n) is 3.80. The van der Waals surface area contributed by atoms with Gasteiger partial charge < -0.3 is 15.5 Å². The summed E-state index contributed by atoms with van der Waals surface area (Å²) in [5.41, 5.74) is 11.1. The molecule has 7 heteroatoms. The van der Waals surface area contributed by atoms with Crippen molar-refractivity contribution in [1.82, 2.24) is 24.7 Å². The highest BCUT2D eigenvalue weighted by Gasteiger charge is 2.24. The Hall–Kier alpha value is -2.93. The quantitative estimate of drug-likeness (QED) is 0.580. The van der Waals surface area contributed by atoms with Crippen LogP contribution in [0.5, 0.6) is 0 Å². The van der Waals surface area contributed by atoms with Crippen LogP contribution in [0.15, 0.2) is 30.6 Å². The number of hydrogen-bond acceptors (Lipinski definition) is 5. The molecule has 7 nitrogen and oxygen atoms in total. The number of nitrogens with zero attached hydrogens (tertiary/aromatic N) is 4. The molecule has 0 aliphatic carbocycles. The van der Waals surface area contributed by atoms with Crippen molar-refractivity contribution in [3.63, 3.8) is 0 Å². The third-order valence-corrected chi connectivity index (χ3v) is 5.17. The summed E-state index contributed by atoms with van der Waals surface area (Å²) < 4.78 is 7.50. The number of benzene rings is 1. The summed E-state index contributed by atoms with van der Waals surface area (Å²) in [4.78, 5) is 12.2. The van der Waals surface area contributed by atoms with Crippen molar-refractivity contribution in [2.24, 2.45) is 0 Å². The Morgan fingerprint density at radius 1 is 1.23 bits per heavy atom. The molecule has 1 saturated heterocycles. The van der Waals surface area contributed by atoms with Gasteiger partial charge in [-0.15, -0.1) is 0 Å². The highest BCUT2D eigenvalue weighted by molar-refractivity contribution is 6.00. The Balaban J connectivity index is 1.75. The minimum Gasteiger partial charge on any atom is -0.383 e. The second kappa shape index (κ2) is 5.81. The van der Waals surface area contributed by atoms with Crippen LogP contribution in [0.25, 0.3) is 33.3 Å². The van der Waals surface area contributed by atoms with Gasteiger partial charge in [0.2, 0.25) is 0 Å². The maximum absolute atomic E-state index is 6.22. The van der Waals surface area contributed by atoms with Crippen molar-refractivity contribution in [1.29, 1.82) is 0 Å². The van der Waals surface area contributed by atoms with Gasteiger partial charge in [0.1, 0.15) is 17.8 Å². The Morgan fingerprint density at radius 3 is 2.88 bits per heavy atom. The van der Waals surface area contributed by atoms with Gasteiger partial charge in [-0.2, -0.15) is 5.10 Å². The van der Waals surface area contributed by atoms with E-state index in [2.05, 4.69) is 46.1 Å². The summed E-state index contributed by atoms with van der Waals surface area (Å²) in [5, 5.41) is 6.88. The van der Waals surface area contributed by atoms with E-state index in [1.807, 2.05) is 4.68 Å². The lowest BCUT2D eigenvalue weighted by Crippen LogP contribution is -2.20. The number of H-pyrrole nitrogens is 1. The fourth-order valence-corrected chi connectivity index (χ4v) is 3.80. The number of para-hydroxylation sites is 1. The number of aryl methyl sites for hydroxylation is 1. The van der Waals surface area contributed by atoms with Crippen LogP contribution in [-0.4, -0.2) is 37.9 Å². The minimum absolute atomic E-state index is 0.264. The van der Waals surface area contributed by atoms with Gasteiger partial charge >= 0.3 is 0 Å². The van der Waals surface area contributed by atoms with E-state index in [1.54, 1.807) is 0 Å². The molecule has 4 heterocycles. The van der Waals surface area contributed by atoms with E-state index in [-0.39, 0.29) is 6.04 Å². The molecule has 0 radical (unpaired) electrons. The molecular formula is C19H20N6O. The Bertz CT molecular complexity index is 1110. The molecule has 0 amide bonds. The minimum atomic E-state index is 0.264. The Morgan fingerprint density at radius 2 is 2.08 bits per heavy atom. The van der Waals surface area contributed by atoms with E-state index in [1.165, 1.54) is 11.9 Å². The molecule has 1 fully saturated rings. The van der Waals surface area contributed by atoms with E-state index in [0.717, 1.165) is 59.4 Å². The van der Waals surface area contributed by atoms with Gasteiger partial charge in [0.15, 0.2) is 5.65 Å². The predicted octanol–water partition coefficient (Wildman–Crippen LogP) is 3.22. The molecule has 0 spiro atoms. The van der Waals surface area contributed by atoms with Gasteiger partial charge in [0, 0.05) is 24.1 Å². The molecule has 0 saturated carbocycles. The predicted molar refractivity (Wildman–Crippen MR) is 101 cm³/mol. The van der Waals surface area contributed by atoms with Gasteiger partial charge in [-0.3, -0.25) is 0 Å². The largest absolute Gasteiger partial charge is 0.383 e. The summed E-state index contributed by atoms with van der Waals surface area (Å²) in [6.07, 6.45) is 3.35. The molecule has 1 aliphatic rings. The number of hydrogen-bond donors (Lipinski definition) is 2. The van der Waals surface area contributed by atoms with E-state index in [9.17, 15) is 0 Å². The average Bonchev–Trinajstić information content (AvgIpc) is 3.25. The zero-order chi connectivity index (χ0) is 17.7. The molecule has 3 N–H and O–H groups in total. The number of rotatable bonds is 2. The average molecular weight is 348 g/mol. The van der Waals surface area contributed by atoms with Crippen molar-refractivity contribution in [2.75, 3.05) is 18.9 Å². The van der Waals surface area contributed by atoms with Gasteiger partial charge in [0.25, 0.3) is 0 Å². The molecule has 5 rings (SSSR count). The number of aromatic nitrogens is 5. The topological polar surface area (TPSA) is 94.6 Å². The maximum atomic E-state index is 6.22. The first-order valence-corrected chi connectivity index (χ1v) is 8.87. The van der Waals surface area contributed by atoms with E-state index in [4.69, 9.17) is 15.6 Å². The second-order valence-corrected chi connectivity index (χ2v) is 6.82. The zero-order valence-electron chi connectivity index (χ0n) is 14.6. The first-order chi connectivity index (χ1) is 12.7. The van der Waals surface area contributed by atoms with Crippen LogP contribution in [-0.2, 0) is 4.74 Å². The fraction of sp³-hybridized carbons (Fsp3) is 0.316. The lowest BCUT2D eigenvalue weighted by atomic mass is 10.1. The number of anilines is 1. The van der Waals surface area contributed by atoms with Crippen LogP contribution in [0, 0.1) is 6.92 Å². The van der Waals surface area contributed by atoms with Crippen molar-refractivity contribution >= 4 is 27.8 Å². The number of nitrogens with one attached hydrogen (secondary N) is 1. The molecule has 3 aromatic heterocycles. The van der Waals surface area contributed by atoms with Crippen LogP contribution in [0.3, 0.4) is 0 Å². The lowest BCUT2D eigenvalue weighted by molar-refractivity contribution is 0.0674. The molecule has 132 valence electrons. The first kappa shape index (κ1) is 15.3. The Kier molecular flexibility index (Phi) is 3.43. The second-order valence-electron chi connectivity index (χ2n) is 6.82. The van der Waals surface area contributed by atoms with E-state index < -0.39 is 0 Å². The third kappa shape index (κ3) is 2.28. The van der Waals surface area contributed by atoms with Crippen molar-refractivity contribution < 1.29 is 4.74 Å². The molecule has 1 aliphatic heterocycles. The van der Waals surface area contributed by atoms with Gasteiger partial charge in [-0.05, 0) is 31.4 Å². The molecule has 0 unspecified atom stereocenters. The van der Waals surface area contributed by atoms with Gasteiger partial charge in [0.05, 0.1) is 17.1 Å². The van der Waals surface area contributed by atoms with Crippen LogP contribution < -0.4 is 5.73 Å². The van der Waals surface area contributed by atoms with Crippen LogP contribution in [0.1, 0.15) is 24.4 Å². The van der Waals surface area contributed by atoms with Crippen molar-refractivity contribution in [2.45, 2.75) is 25.8 Å². The normalized spacial score (nSPS) is 15.9. The summed E-state index contributed by atoms with van der Waals surface area (Å²) >= 11 is 0. The van der Waals surface area contributed by atoms with Crippen LogP contribution >= 0.6 is 0 Å². The van der Waals surface area contributed by atoms with E-state index in [0.29, 0.717) is 5.82 Å². The SMILES string of the molecule is Cc1cccc2cc(-c3nn(C4CCOCC4)c4ncnc(N)c34)[nH]c12.